The Labute approximate surface area is 167 Å². The van der Waals surface area contributed by atoms with Crippen molar-refractivity contribution in [1.29, 1.82) is 0 Å². The molecule has 0 spiro atoms. The quantitative estimate of drug-likeness (QED) is 0.647. The third kappa shape index (κ3) is 5.02. The fourth-order valence-corrected chi connectivity index (χ4v) is 3.81. The first-order chi connectivity index (χ1) is 13.1. The van der Waals surface area contributed by atoms with Crippen LogP contribution in [0.15, 0.2) is 0 Å². The molecule has 28 heavy (non-hydrogen) atoms. The van der Waals surface area contributed by atoms with Crippen molar-refractivity contribution in [3.8, 4) is 0 Å². The van der Waals surface area contributed by atoms with E-state index in [1.54, 1.807) is 11.8 Å². The van der Waals surface area contributed by atoms with E-state index in [0.717, 1.165) is 6.42 Å². The smallest absolute Gasteiger partial charge is 0.245 e. The minimum atomic E-state index is -0.799. The second kappa shape index (κ2) is 9.39. The molecular formula is C20H34N4O4. The maximum Gasteiger partial charge on any atom is 0.245 e. The Kier molecular flexibility index (Phi) is 7.43. The van der Waals surface area contributed by atoms with E-state index >= 15 is 0 Å². The molecule has 0 aromatic carbocycles. The summed E-state index contributed by atoms with van der Waals surface area (Å²) in [6, 6.07) is -2.84. The van der Waals surface area contributed by atoms with Crippen LogP contribution in [0, 0.1) is 11.8 Å². The largest absolute Gasteiger partial charge is 0.343 e. The van der Waals surface area contributed by atoms with Crippen molar-refractivity contribution < 1.29 is 19.2 Å². The van der Waals surface area contributed by atoms with Gasteiger partial charge in [0.1, 0.15) is 24.2 Å². The number of carbonyl (C=O) groups excluding carboxylic acids is 4. The number of hydrogen-bond acceptors (Lipinski definition) is 4. The lowest BCUT2D eigenvalue weighted by atomic mass is 9.97. The van der Waals surface area contributed by atoms with Gasteiger partial charge in [-0.3, -0.25) is 19.2 Å². The Morgan fingerprint density at radius 3 is 2.29 bits per heavy atom. The molecule has 4 amide bonds. The Balaban J connectivity index is 2.37. The molecule has 8 heteroatoms. The van der Waals surface area contributed by atoms with Crippen LogP contribution in [0.4, 0.5) is 0 Å². The number of fused-ring (bicyclic) bond motifs is 1. The Bertz CT molecular complexity index is 621. The number of rotatable bonds is 4. The summed E-state index contributed by atoms with van der Waals surface area (Å²) >= 11 is 0. The molecule has 158 valence electrons. The van der Waals surface area contributed by atoms with Crippen molar-refractivity contribution in [3.63, 3.8) is 0 Å². The predicted octanol–water partition coefficient (Wildman–Crippen LogP) is 0.558. The average molecular weight is 395 g/mol. The highest BCUT2D eigenvalue weighted by Crippen LogP contribution is 2.21. The molecule has 0 aromatic heterocycles. The van der Waals surface area contributed by atoms with Gasteiger partial charge in [0.05, 0.1) is 0 Å². The third-order valence-corrected chi connectivity index (χ3v) is 5.71. The number of carbonyl (C=O) groups is 4. The van der Waals surface area contributed by atoms with Gasteiger partial charge in [0.25, 0.3) is 0 Å². The fourth-order valence-electron chi connectivity index (χ4n) is 3.81. The van der Waals surface area contributed by atoms with E-state index < -0.39 is 30.1 Å². The van der Waals surface area contributed by atoms with Gasteiger partial charge in [-0.15, -0.1) is 0 Å². The van der Waals surface area contributed by atoms with E-state index in [-0.39, 0.29) is 29.6 Å². The monoisotopic (exact) mass is 394 g/mol. The zero-order chi connectivity index (χ0) is 21.0. The van der Waals surface area contributed by atoms with Crippen molar-refractivity contribution >= 4 is 23.6 Å². The van der Waals surface area contributed by atoms with Gasteiger partial charge in [-0.25, -0.2) is 0 Å². The van der Waals surface area contributed by atoms with Crippen molar-refractivity contribution in [2.45, 2.75) is 84.5 Å². The molecule has 3 N–H and O–H groups in total. The first-order valence-electron chi connectivity index (χ1n) is 10.4. The van der Waals surface area contributed by atoms with Gasteiger partial charge in [-0.2, -0.15) is 0 Å². The van der Waals surface area contributed by atoms with Gasteiger partial charge >= 0.3 is 0 Å². The third-order valence-electron chi connectivity index (χ3n) is 5.71. The van der Waals surface area contributed by atoms with Gasteiger partial charge in [0, 0.05) is 6.54 Å². The molecule has 0 aromatic rings. The normalized spacial score (nSPS) is 30.7. The van der Waals surface area contributed by atoms with Crippen LogP contribution < -0.4 is 16.0 Å². The first-order valence-corrected chi connectivity index (χ1v) is 10.4. The Morgan fingerprint density at radius 2 is 1.68 bits per heavy atom. The highest BCUT2D eigenvalue weighted by molar-refractivity contribution is 5.97. The lowest BCUT2D eigenvalue weighted by Gasteiger charge is -2.33. The fraction of sp³-hybridized carbons (Fsp3) is 0.800. The molecule has 2 heterocycles. The standard InChI is InChI=1S/C20H34N4O4/c1-6-12(4)16-19(27)21-13(5)17(25)22-14(10-11(2)3)20(28)24-9-7-8-15(24)18(26)23-16/h11-16H,6-10H2,1-5H3,(H,21,27)(H,22,25)(H,23,26)/t12-,13-,14-,15-,16-/m0/s1. The molecule has 2 fully saturated rings. The molecule has 2 aliphatic rings. The Hall–Kier alpha value is -2.12. The predicted molar refractivity (Wildman–Crippen MR) is 105 cm³/mol. The molecule has 8 nitrogen and oxygen atoms in total. The van der Waals surface area contributed by atoms with Crippen molar-refractivity contribution in [3.05, 3.63) is 0 Å². The van der Waals surface area contributed by atoms with Crippen LogP contribution in [0.1, 0.15) is 60.3 Å². The molecule has 0 unspecified atom stereocenters. The van der Waals surface area contributed by atoms with E-state index in [1.165, 1.54) is 0 Å². The summed E-state index contributed by atoms with van der Waals surface area (Å²) in [7, 11) is 0. The first kappa shape index (κ1) is 22.2. The summed E-state index contributed by atoms with van der Waals surface area (Å²) < 4.78 is 0. The lowest BCUT2D eigenvalue weighted by molar-refractivity contribution is -0.144. The summed E-state index contributed by atoms with van der Waals surface area (Å²) in [5, 5.41) is 8.33. The molecular weight excluding hydrogens is 360 g/mol. The molecule has 0 bridgehead atoms. The van der Waals surface area contributed by atoms with Crippen LogP contribution in [0.25, 0.3) is 0 Å². The highest BCUT2D eigenvalue weighted by Gasteiger charge is 2.40. The van der Waals surface area contributed by atoms with E-state index in [0.29, 0.717) is 25.8 Å². The molecule has 0 aliphatic carbocycles. The molecule has 2 rings (SSSR count). The summed E-state index contributed by atoms with van der Waals surface area (Å²) in [6.07, 6.45) is 2.46. The van der Waals surface area contributed by atoms with E-state index in [9.17, 15) is 19.2 Å². The van der Waals surface area contributed by atoms with E-state index in [1.807, 2.05) is 27.7 Å². The summed E-state index contributed by atoms with van der Waals surface area (Å²) in [5.74, 6) is -1.19. The van der Waals surface area contributed by atoms with Crippen molar-refractivity contribution in [2.24, 2.45) is 11.8 Å². The summed E-state index contributed by atoms with van der Waals surface area (Å²) in [5.41, 5.74) is 0. The summed E-state index contributed by atoms with van der Waals surface area (Å²) in [6.45, 7) is 9.86. The average Bonchev–Trinajstić information content (AvgIpc) is 3.12. The van der Waals surface area contributed by atoms with Gasteiger partial charge in [-0.1, -0.05) is 34.1 Å². The molecule has 0 saturated carbocycles. The van der Waals surface area contributed by atoms with Gasteiger partial charge < -0.3 is 20.9 Å². The molecule has 2 saturated heterocycles. The van der Waals surface area contributed by atoms with Crippen LogP contribution in [-0.4, -0.2) is 59.2 Å². The van der Waals surface area contributed by atoms with Crippen LogP contribution in [0.5, 0.6) is 0 Å². The molecule has 5 atom stereocenters. The topological polar surface area (TPSA) is 108 Å². The maximum atomic E-state index is 13.2. The lowest BCUT2D eigenvalue weighted by Crippen LogP contribution is -2.61. The number of nitrogens with one attached hydrogen (secondary N) is 3. The minimum absolute atomic E-state index is 0.0959. The van der Waals surface area contributed by atoms with Crippen molar-refractivity contribution in [1.82, 2.24) is 20.9 Å². The second-order valence-corrected chi connectivity index (χ2v) is 8.48. The minimum Gasteiger partial charge on any atom is -0.343 e. The van der Waals surface area contributed by atoms with Gasteiger partial charge in [0.2, 0.25) is 23.6 Å². The van der Waals surface area contributed by atoms with Gasteiger partial charge in [-0.05, 0) is 38.0 Å². The van der Waals surface area contributed by atoms with Crippen LogP contribution in [0.3, 0.4) is 0 Å². The summed E-state index contributed by atoms with van der Waals surface area (Å²) in [4.78, 5) is 53.1. The van der Waals surface area contributed by atoms with Crippen LogP contribution in [0.2, 0.25) is 0 Å². The van der Waals surface area contributed by atoms with Gasteiger partial charge in [0.15, 0.2) is 0 Å². The SMILES string of the molecule is CC[C@H](C)[C@@H]1NC(=O)[C@@H]2CCCN2C(=O)[C@H](CC(C)C)NC(=O)[C@H](C)NC1=O. The van der Waals surface area contributed by atoms with Crippen LogP contribution in [-0.2, 0) is 19.2 Å². The molecule has 0 radical (unpaired) electrons. The number of amides is 4. The molecule has 2 aliphatic heterocycles. The zero-order valence-electron chi connectivity index (χ0n) is 17.6. The van der Waals surface area contributed by atoms with E-state index in [2.05, 4.69) is 16.0 Å². The van der Waals surface area contributed by atoms with E-state index in [4.69, 9.17) is 0 Å². The zero-order valence-corrected chi connectivity index (χ0v) is 17.6. The van der Waals surface area contributed by atoms with Crippen LogP contribution >= 0.6 is 0 Å². The Morgan fingerprint density at radius 1 is 1.00 bits per heavy atom. The second-order valence-electron chi connectivity index (χ2n) is 8.48. The highest BCUT2D eigenvalue weighted by atomic mass is 16.2. The maximum absolute atomic E-state index is 13.2. The van der Waals surface area contributed by atoms with Crippen molar-refractivity contribution in [2.75, 3.05) is 6.54 Å². The number of hydrogen-bond donors (Lipinski definition) is 3. The number of nitrogens with zero attached hydrogens (tertiary/aromatic N) is 1.